The highest BCUT2D eigenvalue weighted by Gasteiger charge is 2.53. The van der Waals surface area contributed by atoms with Gasteiger partial charge >= 0.3 is 6.03 Å². The minimum Gasteiger partial charge on any atom is -0.354 e. The second kappa shape index (κ2) is 8.13. The van der Waals surface area contributed by atoms with Gasteiger partial charge in [-0.05, 0) is 61.1 Å². The monoisotopic (exact) mass is 403 g/mol. The molecule has 0 radical (unpaired) electrons. The van der Waals surface area contributed by atoms with Crippen molar-refractivity contribution in [3.05, 3.63) is 35.6 Å². The van der Waals surface area contributed by atoms with Crippen molar-refractivity contribution >= 4 is 17.8 Å². The molecular formula is C22H30FN3O3. The fourth-order valence-corrected chi connectivity index (χ4v) is 4.33. The lowest BCUT2D eigenvalue weighted by Crippen LogP contribution is -2.51. The Balaban J connectivity index is 1.51. The Morgan fingerprint density at radius 1 is 1.21 bits per heavy atom. The van der Waals surface area contributed by atoms with E-state index in [0.29, 0.717) is 31.7 Å². The standard InChI is InChI=1S/C22H30FN3O3/c1-21(2,3)16-8-11-22(12-9-16)19(28)26(20(29)25-22)14-18(27)24-13-10-15-4-6-17(23)7-5-15/h4-7,16H,8-14H2,1-3H3,(H,24,27)(H,25,29). The van der Waals surface area contributed by atoms with Crippen LogP contribution in [-0.2, 0) is 16.0 Å². The quantitative estimate of drug-likeness (QED) is 0.742. The van der Waals surface area contributed by atoms with Gasteiger partial charge in [-0.25, -0.2) is 9.18 Å². The van der Waals surface area contributed by atoms with E-state index < -0.39 is 11.6 Å². The maximum Gasteiger partial charge on any atom is 0.325 e. The minimum atomic E-state index is -0.854. The molecule has 1 saturated heterocycles. The number of amides is 4. The minimum absolute atomic E-state index is 0.178. The van der Waals surface area contributed by atoms with Crippen LogP contribution in [0, 0.1) is 17.2 Å². The summed E-state index contributed by atoms with van der Waals surface area (Å²) in [7, 11) is 0. The first-order chi connectivity index (χ1) is 13.6. The van der Waals surface area contributed by atoms with Crippen LogP contribution >= 0.6 is 0 Å². The van der Waals surface area contributed by atoms with Crippen LogP contribution in [0.4, 0.5) is 9.18 Å². The molecule has 0 bridgehead atoms. The summed E-state index contributed by atoms with van der Waals surface area (Å²) in [5, 5.41) is 5.58. The number of carbonyl (C=O) groups is 3. The summed E-state index contributed by atoms with van der Waals surface area (Å²) >= 11 is 0. The predicted molar refractivity (Wildman–Crippen MR) is 108 cm³/mol. The third kappa shape index (κ3) is 4.77. The number of halogens is 1. The molecule has 0 unspecified atom stereocenters. The van der Waals surface area contributed by atoms with Crippen molar-refractivity contribution < 1.29 is 18.8 Å². The number of nitrogens with one attached hydrogen (secondary N) is 2. The molecule has 29 heavy (non-hydrogen) atoms. The maximum absolute atomic E-state index is 12.9. The lowest BCUT2D eigenvalue weighted by atomic mass is 9.67. The van der Waals surface area contributed by atoms with Crippen molar-refractivity contribution in [2.24, 2.45) is 11.3 Å². The van der Waals surface area contributed by atoms with Gasteiger partial charge in [0, 0.05) is 6.54 Å². The highest BCUT2D eigenvalue weighted by atomic mass is 19.1. The van der Waals surface area contributed by atoms with Crippen LogP contribution in [0.2, 0.25) is 0 Å². The molecule has 1 saturated carbocycles. The molecule has 1 aromatic rings. The van der Waals surface area contributed by atoms with Crippen molar-refractivity contribution in [3.63, 3.8) is 0 Å². The van der Waals surface area contributed by atoms with E-state index >= 15 is 0 Å². The average Bonchev–Trinajstić information content (AvgIpc) is 2.87. The van der Waals surface area contributed by atoms with Crippen LogP contribution in [0.25, 0.3) is 0 Å². The van der Waals surface area contributed by atoms with E-state index in [1.54, 1.807) is 12.1 Å². The summed E-state index contributed by atoms with van der Waals surface area (Å²) in [6.07, 6.45) is 3.54. The Hall–Kier alpha value is -2.44. The highest BCUT2D eigenvalue weighted by Crippen LogP contribution is 2.43. The Kier molecular flexibility index (Phi) is 5.96. The van der Waals surface area contributed by atoms with Gasteiger partial charge in [-0.2, -0.15) is 0 Å². The van der Waals surface area contributed by atoms with Crippen molar-refractivity contribution in [1.82, 2.24) is 15.5 Å². The lowest BCUT2D eigenvalue weighted by molar-refractivity contribution is -0.136. The lowest BCUT2D eigenvalue weighted by Gasteiger charge is -2.40. The molecule has 2 N–H and O–H groups in total. The predicted octanol–water partition coefficient (Wildman–Crippen LogP) is 3.01. The van der Waals surface area contributed by atoms with Gasteiger partial charge in [-0.3, -0.25) is 14.5 Å². The van der Waals surface area contributed by atoms with E-state index in [1.807, 2.05) is 0 Å². The van der Waals surface area contributed by atoms with Gasteiger partial charge in [0.05, 0.1) is 0 Å². The molecule has 0 atom stereocenters. The largest absolute Gasteiger partial charge is 0.354 e. The number of nitrogens with zero attached hydrogens (tertiary/aromatic N) is 1. The fourth-order valence-electron chi connectivity index (χ4n) is 4.33. The Bertz CT molecular complexity index is 777. The molecule has 1 heterocycles. The number of benzene rings is 1. The molecule has 158 valence electrons. The van der Waals surface area contributed by atoms with E-state index in [1.165, 1.54) is 12.1 Å². The summed E-state index contributed by atoms with van der Waals surface area (Å²) in [5.74, 6) is -0.456. The first-order valence-electron chi connectivity index (χ1n) is 10.3. The van der Waals surface area contributed by atoms with Gasteiger partial charge in [0.2, 0.25) is 5.91 Å². The van der Waals surface area contributed by atoms with Gasteiger partial charge < -0.3 is 10.6 Å². The molecule has 6 nitrogen and oxygen atoms in total. The molecule has 7 heteroatoms. The van der Waals surface area contributed by atoms with E-state index in [4.69, 9.17) is 0 Å². The molecule has 1 aromatic carbocycles. The molecule has 1 aliphatic heterocycles. The molecule has 3 rings (SSSR count). The topological polar surface area (TPSA) is 78.5 Å². The number of imide groups is 1. The zero-order valence-electron chi connectivity index (χ0n) is 17.4. The van der Waals surface area contributed by atoms with E-state index in [2.05, 4.69) is 31.4 Å². The molecule has 0 aromatic heterocycles. The number of hydrogen-bond acceptors (Lipinski definition) is 3. The third-order valence-corrected chi connectivity index (χ3v) is 6.26. The number of rotatable bonds is 5. The van der Waals surface area contributed by atoms with Gasteiger partial charge in [-0.1, -0.05) is 32.9 Å². The summed E-state index contributed by atoms with van der Waals surface area (Å²) in [4.78, 5) is 38.6. The SMILES string of the molecule is CC(C)(C)C1CCC2(CC1)NC(=O)N(CC(=O)NCCc1ccc(F)cc1)C2=O. The number of carbonyl (C=O) groups excluding carboxylic acids is 3. The van der Waals surface area contributed by atoms with Gasteiger partial charge in [0.1, 0.15) is 17.9 Å². The maximum atomic E-state index is 12.9. The van der Waals surface area contributed by atoms with Crippen LogP contribution in [0.15, 0.2) is 24.3 Å². The summed E-state index contributed by atoms with van der Waals surface area (Å²) in [6, 6.07) is 5.59. The van der Waals surface area contributed by atoms with Crippen molar-refractivity contribution in [3.8, 4) is 0 Å². The Labute approximate surface area is 171 Å². The van der Waals surface area contributed by atoms with E-state index in [0.717, 1.165) is 23.3 Å². The number of hydrogen-bond donors (Lipinski definition) is 2. The normalized spacial score (nSPS) is 24.7. The van der Waals surface area contributed by atoms with Crippen LogP contribution in [-0.4, -0.2) is 41.4 Å². The van der Waals surface area contributed by atoms with Crippen LogP contribution in [0.1, 0.15) is 52.0 Å². The van der Waals surface area contributed by atoms with Crippen molar-refractivity contribution in [2.45, 2.75) is 58.4 Å². The zero-order valence-corrected chi connectivity index (χ0v) is 17.4. The molecule has 1 aliphatic carbocycles. The van der Waals surface area contributed by atoms with Crippen LogP contribution in [0.3, 0.4) is 0 Å². The first kappa shape index (κ1) is 21.3. The molecule has 4 amide bonds. The second-order valence-electron chi connectivity index (χ2n) is 9.27. The Morgan fingerprint density at radius 3 is 2.41 bits per heavy atom. The van der Waals surface area contributed by atoms with E-state index in [9.17, 15) is 18.8 Å². The van der Waals surface area contributed by atoms with E-state index in [-0.39, 0.29) is 29.6 Å². The first-order valence-corrected chi connectivity index (χ1v) is 10.3. The van der Waals surface area contributed by atoms with Crippen LogP contribution in [0.5, 0.6) is 0 Å². The van der Waals surface area contributed by atoms with Gasteiger partial charge in [-0.15, -0.1) is 0 Å². The second-order valence-corrected chi connectivity index (χ2v) is 9.27. The molecular weight excluding hydrogens is 373 g/mol. The van der Waals surface area contributed by atoms with Gasteiger partial charge in [0.25, 0.3) is 5.91 Å². The van der Waals surface area contributed by atoms with Crippen molar-refractivity contribution in [1.29, 1.82) is 0 Å². The summed E-state index contributed by atoms with van der Waals surface area (Å²) in [6.45, 7) is 6.68. The molecule has 1 spiro atoms. The zero-order chi connectivity index (χ0) is 21.2. The molecule has 2 aliphatic rings. The van der Waals surface area contributed by atoms with Gasteiger partial charge in [0.15, 0.2) is 0 Å². The average molecular weight is 403 g/mol. The smallest absolute Gasteiger partial charge is 0.325 e. The Morgan fingerprint density at radius 2 is 1.83 bits per heavy atom. The summed E-state index contributed by atoms with van der Waals surface area (Å²) < 4.78 is 12.9. The third-order valence-electron chi connectivity index (χ3n) is 6.26. The summed E-state index contributed by atoms with van der Waals surface area (Å²) in [5.41, 5.74) is 0.223. The molecule has 2 fully saturated rings. The van der Waals surface area contributed by atoms with Crippen LogP contribution < -0.4 is 10.6 Å². The number of urea groups is 1. The fraction of sp³-hybridized carbons (Fsp3) is 0.591. The van der Waals surface area contributed by atoms with Crippen molar-refractivity contribution in [2.75, 3.05) is 13.1 Å². The highest BCUT2D eigenvalue weighted by molar-refractivity contribution is 6.09.